The van der Waals surface area contributed by atoms with Crippen LogP contribution in [0.2, 0.25) is 0 Å². The summed E-state index contributed by atoms with van der Waals surface area (Å²) >= 11 is 0. The average Bonchev–Trinajstić information content (AvgIpc) is 3.06. The van der Waals surface area contributed by atoms with Crippen molar-refractivity contribution in [2.24, 2.45) is 0 Å². The minimum atomic E-state index is -0.291. The van der Waals surface area contributed by atoms with Gasteiger partial charge in [0.2, 0.25) is 0 Å². The summed E-state index contributed by atoms with van der Waals surface area (Å²) in [4.78, 5) is 26.3. The van der Waals surface area contributed by atoms with Crippen LogP contribution in [-0.2, 0) is 6.42 Å². The zero-order chi connectivity index (χ0) is 12.4. The fraction of sp³-hybridized carbons (Fsp3) is 0.538. The molecular weight excluding hydrogens is 216 g/mol. The van der Waals surface area contributed by atoms with Gasteiger partial charge in [0, 0.05) is 11.7 Å². The standard InChI is InChI=1S/C13H18N2O2/c1-3-4-9-7-11(12(16)14-8(9)2)13(17)15-10-5-6-10/h7,10H,3-6H2,1-2H3,(H,14,16)(H,15,17). The van der Waals surface area contributed by atoms with Crippen LogP contribution >= 0.6 is 0 Å². The number of aryl methyl sites for hydroxylation is 2. The Morgan fingerprint density at radius 1 is 1.53 bits per heavy atom. The van der Waals surface area contributed by atoms with Crippen molar-refractivity contribution in [2.75, 3.05) is 0 Å². The average molecular weight is 234 g/mol. The lowest BCUT2D eigenvalue weighted by molar-refractivity contribution is 0.0949. The largest absolute Gasteiger partial charge is 0.349 e. The first-order chi connectivity index (χ1) is 8.11. The number of amides is 1. The zero-order valence-electron chi connectivity index (χ0n) is 10.3. The maximum Gasteiger partial charge on any atom is 0.261 e. The molecule has 92 valence electrons. The Balaban J connectivity index is 2.28. The summed E-state index contributed by atoms with van der Waals surface area (Å²) < 4.78 is 0. The first-order valence-electron chi connectivity index (χ1n) is 6.15. The van der Waals surface area contributed by atoms with Crippen molar-refractivity contribution in [3.8, 4) is 0 Å². The van der Waals surface area contributed by atoms with E-state index < -0.39 is 0 Å². The van der Waals surface area contributed by atoms with Gasteiger partial charge in [0.25, 0.3) is 11.5 Å². The topological polar surface area (TPSA) is 62.0 Å². The molecular formula is C13H18N2O2. The number of hydrogen-bond donors (Lipinski definition) is 2. The van der Waals surface area contributed by atoms with Gasteiger partial charge in [-0.05, 0) is 37.8 Å². The Morgan fingerprint density at radius 2 is 2.24 bits per heavy atom. The van der Waals surface area contributed by atoms with Crippen molar-refractivity contribution >= 4 is 5.91 Å². The van der Waals surface area contributed by atoms with E-state index in [1.54, 1.807) is 6.07 Å². The number of H-pyrrole nitrogens is 1. The third-order valence-electron chi connectivity index (χ3n) is 3.02. The maximum absolute atomic E-state index is 11.9. The Bertz CT molecular complexity index is 487. The van der Waals surface area contributed by atoms with Crippen LogP contribution in [0.5, 0.6) is 0 Å². The van der Waals surface area contributed by atoms with Crippen molar-refractivity contribution < 1.29 is 4.79 Å². The Hall–Kier alpha value is -1.58. The van der Waals surface area contributed by atoms with E-state index in [1.165, 1.54) is 0 Å². The van der Waals surface area contributed by atoms with Crippen LogP contribution in [0.25, 0.3) is 0 Å². The van der Waals surface area contributed by atoms with Gasteiger partial charge in [-0.15, -0.1) is 0 Å². The number of nitrogens with one attached hydrogen (secondary N) is 2. The maximum atomic E-state index is 11.9. The molecule has 0 aliphatic heterocycles. The normalized spacial score (nSPS) is 14.7. The van der Waals surface area contributed by atoms with Crippen molar-refractivity contribution in [1.29, 1.82) is 0 Å². The number of rotatable bonds is 4. The molecule has 0 unspecified atom stereocenters. The second-order valence-electron chi connectivity index (χ2n) is 4.66. The van der Waals surface area contributed by atoms with Crippen molar-refractivity contribution in [3.63, 3.8) is 0 Å². The van der Waals surface area contributed by atoms with Gasteiger partial charge in [0.15, 0.2) is 0 Å². The number of aromatic nitrogens is 1. The third-order valence-corrected chi connectivity index (χ3v) is 3.02. The van der Waals surface area contributed by atoms with E-state index in [-0.39, 0.29) is 23.1 Å². The minimum absolute atomic E-state index is 0.242. The highest BCUT2D eigenvalue weighted by Gasteiger charge is 2.25. The van der Waals surface area contributed by atoms with Gasteiger partial charge in [0.05, 0.1) is 0 Å². The van der Waals surface area contributed by atoms with Gasteiger partial charge in [-0.2, -0.15) is 0 Å². The molecule has 0 bridgehead atoms. The number of carbonyl (C=O) groups excluding carboxylic acids is 1. The Labute approximate surface area is 100 Å². The Morgan fingerprint density at radius 3 is 2.82 bits per heavy atom. The van der Waals surface area contributed by atoms with Crippen LogP contribution in [0.3, 0.4) is 0 Å². The molecule has 1 aromatic heterocycles. The van der Waals surface area contributed by atoms with Gasteiger partial charge in [0.1, 0.15) is 5.56 Å². The molecule has 2 rings (SSSR count). The molecule has 4 heteroatoms. The van der Waals surface area contributed by atoms with Gasteiger partial charge in [-0.3, -0.25) is 9.59 Å². The number of pyridine rings is 1. The molecule has 0 radical (unpaired) electrons. The summed E-state index contributed by atoms with van der Waals surface area (Å²) in [6.45, 7) is 3.95. The van der Waals surface area contributed by atoms with Crippen LogP contribution in [0.4, 0.5) is 0 Å². The minimum Gasteiger partial charge on any atom is -0.349 e. The van der Waals surface area contributed by atoms with Crippen LogP contribution in [0.15, 0.2) is 10.9 Å². The molecule has 0 saturated heterocycles. The van der Waals surface area contributed by atoms with Crippen molar-refractivity contribution in [1.82, 2.24) is 10.3 Å². The van der Waals surface area contributed by atoms with E-state index in [2.05, 4.69) is 17.2 Å². The van der Waals surface area contributed by atoms with Gasteiger partial charge in [-0.1, -0.05) is 13.3 Å². The highest BCUT2D eigenvalue weighted by Crippen LogP contribution is 2.19. The van der Waals surface area contributed by atoms with E-state index >= 15 is 0 Å². The fourth-order valence-electron chi connectivity index (χ4n) is 1.85. The third kappa shape index (κ3) is 2.75. The summed E-state index contributed by atoms with van der Waals surface area (Å²) in [6, 6.07) is 2.01. The lowest BCUT2D eigenvalue weighted by Crippen LogP contribution is -2.31. The second kappa shape index (κ2) is 4.73. The molecule has 2 N–H and O–H groups in total. The molecule has 0 atom stereocenters. The first kappa shape index (κ1) is 11.9. The summed E-state index contributed by atoms with van der Waals surface area (Å²) in [5, 5.41) is 2.84. The molecule has 17 heavy (non-hydrogen) atoms. The molecule has 4 nitrogen and oxygen atoms in total. The molecule has 1 amide bonds. The van der Waals surface area contributed by atoms with Crippen LogP contribution < -0.4 is 10.9 Å². The predicted octanol–water partition coefficient (Wildman–Crippen LogP) is 1.53. The number of aromatic amines is 1. The first-order valence-corrected chi connectivity index (χ1v) is 6.15. The van der Waals surface area contributed by atoms with E-state index in [0.717, 1.165) is 36.9 Å². The van der Waals surface area contributed by atoms with E-state index in [4.69, 9.17) is 0 Å². The Kier molecular flexibility index (Phi) is 3.31. The van der Waals surface area contributed by atoms with E-state index in [0.29, 0.717) is 0 Å². The predicted molar refractivity (Wildman–Crippen MR) is 66.3 cm³/mol. The summed E-state index contributed by atoms with van der Waals surface area (Å²) in [5.41, 5.74) is 1.86. The molecule has 1 fully saturated rings. The summed E-state index contributed by atoms with van der Waals surface area (Å²) in [6.07, 6.45) is 3.93. The number of hydrogen-bond acceptors (Lipinski definition) is 2. The quantitative estimate of drug-likeness (QED) is 0.830. The highest BCUT2D eigenvalue weighted by molar-refractivity contribution is 5.94. The lowest BCUT2D eigenvalue weighted by atomic mass is 10.1. The molecule has 1 aliphatic carbocycles. The highest BCUT2D eigenvalue weighted by atomic mass is 16.2. The molecule has 1 saturated carbocycles. The summed E-state index contributed by atoms with van der Waals surface area (Å²) in [7, 11) is 0. The smallest absolute Gasteiger partial charge is 0.261 e. The molecule has 0 aromatic carbocycles. The van der Waals surface area contributed by atoms with Gasteiger partial charge >= 0.3 is 0 Å². The van der Waals surface area contributed by atoms with Crippen LogP contribution in [-0.4, -0.2) is 16.9 Å². The lowest BCUT2D eigenvalue weighted by Gasteiger charge is -2.07. The van der Waals surface area contributed by atoms with E-state index in [9.17, 15) is 9.59 Å². The zero-order valence-corrected chi connectivity index (χ0v) is 10.3. The van der Waals surface area contributed by atoms with Crippen LogP contribution in [0.1, 0.15) is 47.8 Å². The number of carbonyl (C=O) groups is 1. The SMILES string of the molecule is CCCc1cc(C(=O)NC2CC2)c(=O)[nH]c1C. The van der Waals surface area contributed by atoms with Gasteiger partial charge in [-0.25, -0.2) is 0 Å². The molecule has 0 spiro atoms. The summed E-state index contributed by atoms with van der Waals surface area (Å²) in [5.74, 6) is -0.244. The van der Waals surface area contributed by atoms with Crippen molar-refractivity contribution in [3.05, 3.63) is 33.2 Å². The monoisotopic (exact) mass is 234 g/mol. The molecule has 1 heterocycles. The van der Waals surface area contributed by atoms with Crippen molar-refractivity contribution in [2.45, 2.75) is 45.6 Å². The molecule has 1 aromatic rings. The fourth-order valence-corrected chi connectivity index (χ4v) is 1.85. The second-order valence-corrected chi connectivity index (χ2v) is 4.66. The molecule has 1 aliphatic rings. The van der Waals surface area contributed by atoms with E-state index in [1.807, 2.05) is 6.92 Å². The van der Waals surface area contributed by atoms with Crippen LogP contribution in [0, 0.1) is 6.92 Å². The van der Waals surface area contributed by atoms with Gasteiger partial charge < -0.3 is 10.3 Å².